The van der Waals surface area contributed by atoms with Crippen molar-refractivity contribution in [3.63, 3.8) is 0 Å². The molecule has 0 unspecified atom stereocenters. The number of carbonyl (C=O) groups excluding carboxylic acids is 1. The number of anilines is 1. The number of benzene rings is 3. The standard InChI is InChI=1S/C24H21FN4O2S/c1-29-22(20-5-3-4-6-21(20)25)27-28-24(29)32-15-16-7-9-17(10-8-16)23(30)26-18-11-13-19(31-2)14-12-18/h3-14H,15H2,1-2H3,(H,26,30). The molecule has 1 heterocycles. The molecule has 0 saturated carbocycles. The number of nitrogens with one attached hydrogen (secondary N) is 1. The van der Waals surface area contributed by atoms with Gasteiger partial charge in [-0.05, 0) is 54.1 Å². The Labute approximate surface area is 189 Å². The van der Waals surface area contributed by atoms with E-state index in [4.69, 9.17) is 4.74 Å². The minimum atomic E-state index is -0.331. The summed E-state index contributed by atoms with van der Waals surface area (Å²) >= 11 is 1.50. The van der Waals surface area contributed by atoms with E-state index in [1.54, 1.807) is 66.3 Å². The predicted molar refractivity (Wildman–Crippen MR) is 123 cm³/mol. The lowest BCUT2D eigenvalue weighted by Gasteiger charge is -2.07. The predicted octanol–water partition coefficient (Wildman–Crippen LogP) is 5.17. The van der Waals surface area contributed by atoms with Crippen LogP contribution in [0.4, 0.5) is 10.1 Å². The average Bonchev–Trinajstić information content (AvgIpc) is 3.19. The molecule has 0 bridgehead atoms. The minimum absolute atomic E-state index is 0.183. The van der Waals surface area contributed by atoms with E-state index < -0.39 is 0 Å². The topological polar surface area (TPSA) is 69.0 Å². The zero-order valence-corrected chi connectivity index (χ0v) is 18.4. The molecule has 0 atom stereocenters. The van der Waals surface area contributed by atoms with E-state index in [9.17, 15) is 9.18 Å². The Morgan fingerprint density at radius 1 is 1.03 bits per heavy atom. The molecule has 0 aliphatic carbocycles. The summed E-state index contributed by atoms with van der Waals surface area (Å²) in [4.78, 5) is 12.5. The Morgan fingerprint density at radius 3 is 2.44 bits per heavy atom. The molecule has 32 heavy (non-hydrogen) atoms. The zero-order valence-electron chi connectivity index (χ0n) is 17.6. The van der Waals surface area contributed by atoms with Crippen LogP contribution in [-0.4, -0.2) is 27.8 Å². The van der Waals surface area contributed by atoms with Gasteiger partial charge >= 0.3 is 0 Å². The molecule has 1 aromatic heterocycles. The quantitative estimate of drug-likeness (QED) is 0.395. The average molecular weight is 449 g/mol. The molecular formula is C24H21FN4O2S. The lowest BCUT2D eigenvalue weighted by molar-refractivity contribution is 0.102. The van der Waals surface area contributed by atoms with Crippen LogP contribution in [0.3, 0.4) is 0 Å². The molecule has 1 N–H and O–H groups in total. The third kappa shape index (κ3) is 4.81. The maximum absolute atomic E-state index is 14.1. The molecule has 4 rings (SSSR count). The number of methoxy groups -OCH3 is 1. The Bertz CT molecular complexity index is 1220. The molecule has 162 valence electrons. The monoisotopic (exact) mass is 448 g/mol. The zero-order chi connectivity index (χ0) is 22.5. The van der Waals surface area contributed by atoms with Crippen LogP contribution in [0.15, 0.2) is 78.0 Å². The molecule has 0 aliphatic rings. The summed E-state index contributed by atoms with van der Waals surface area (Å²) < 4.78 is 21.0. The van der Waals surface area contributed by atoms with Gasteiger partial charge in [-0.2, -0.15) is 0 Å². The number of carbonyl (C=O) groups is 1. The summed E-state index contributed by atoms with van der Waals surface area (Å²) in [7, 11) is 3.41. The van der Waals surface area contributed by atoms with Crippen molar-refractivity contribution in [1.82, 2.24) is 14.8 Å². The van der Waals surface area contributed by atoms with Crippen LogP contribution in [-0.2, 0) is 12.8 Å². The second kappa shape index (κ2) is 9.65. The molecule has 3 aromatic carbocycles. The number of thioether (sulfide) groups is 1. The smallest absolute Gasteiger partial charge is 0.255 e. The third-order valence-corrected chi connectivity index (χ3v) is 5.97. The van der Waals surface area contributed by atoms with Crippen LogP contribution in [0.2, 0.25) is 0 Å². The fraction of sp³-hybridized carbons (Fsp3) is 0.125. The highest BCUT2D eigenvalue weighted by atomic mass is 32.2. The Hall–Kier alpha value is -3.65. The number of hydrogen-bond acceptors (Lipinski definition) is 5. The van der Waals surface area contributed by atoms with Gasteiger partial charge in [0, 0.05) is 24.1 Å². The summed E-state index contributed by atoms with van der Waals surface area (Å²) in [6.45, 7) is 0. The van der Waals surface area contributed by atoms with Crippen LogP contribution in [0.1, 0.15) is 15.9 Å². The normalized spacial score (nSPS) is 10.7. The summed E-state index contributed by atoms with van der Waals surface area (Å²) in [5.41, 5.74) is 2.71. The summed E-state index contributed by atoms with van der Waals surface area (Å²) in [6.07, 6.45) is 0. The van der Waals surface area contributed by atoms with E-state index >= 15 is 0 Å². The third-order valence-electron chi connectivity index (χ3n) is 4.88. The number of rotatable bonds is 7. The summed E-state index contributed by atoms with van der Waals surface area (Å²) in [5.74, 6) is 1.34. The molecule has 1 amide bonds. The van der Waals surface area contributed by atoms with Gasteiger partial charge in [0.15, 0.2) is 11.0 Å². The Balaban J connectivity index is 1.38. The largest absolute Gasteiger partial charge is 0.497 e. The van der Waals surface area contributed by atoms with Crippen LogP contribution in [0, 0.1) is 5.82 Å². The molecule has 0 fully saturated rings. The highest BCUT2D eigenvalue weighted by Crippen LogP contribution is 2.26. The molecule has 8 heteroatoms. The lowest BCUT2D eigenvalue weighted by atomic mass is 10.1. The Morgan fingerprint density at radius 2 is 1.75 bits per heavy atom. The van der Waals surface area contributed by atoms with E-state index in [2.05, 4.69) is 15.5 Å². The molecule has 0 spiro atoms. The first kappa shape index (κ1) is 21.6. The number of amides is 1. The second-order valence-electron chi connectivity index (χ2n) is 7.01. The SMILES string of the molecule is COc1ccc(NC(=O)c2ccc(CSc3nnc(-c4ccccc4F)n3C)cc2)cc1. The molecule has 0 radical (unpaired) electrons. The van der Waals surface area contributed by atoms with E-state index in [0.717, 1.165) is 11.3 Å². The first-order valence-electron chi connectivity index (χ1n) is 9.86. The lowest BCUT2D eigenvalue weighted by Crippen LogP contribution is -2.11. The second-order valence-corrected chi connectivity index (χ2v) is 7.96. The van der Waals surface area contributed by atoms with E-state index in [1.807, 2.05) is 19.2 Å². The van der Waals surface area contributed by atoms with Crippen LogP contribution >= 0.6 is 11.8 Å². The van der Waals surface area contributed by atoms with Crippen molar-refractivity contribution in [1.29, 1.82) is 0 Å². The van der Waals surface area contributed by atoms with Crippen molar-refractivity contribution in [2.24, 2.45) is 7.05 Å². The van der Waals surface area contributed by atoms with Gasteiger partial charge in [-0.15, -0.1) is 10.2 Å². The highest BCUT2D eigenvalue weighted by Gasteiger charge is 2.14. The number of halogens is 1. The van der Waals surface area contributed by atoms with Crippen molar-refractivity contribution < 1.29 is 13.9 Å². The van der Waals surface area contributed by atoms with Gasteiger partial charge in [0.05, 0.1) is 12.7 Å². The maximum Gasteiger partial charge on any atom is 0.255 e. The van der Waals surface area contributed by atoms with Crippen molar-refractivity contribution in [2.75, 3.05) is 12.4 Å². The Kier molecular flexibility index (Phi) is 6.51. The van der Waals surface area contributed by atoms with Crippen LogP contribution in [0.5, 0.6) is 5.75 Å². The van der Waals surface area contributed by atoms with Gasteiger partial charge in [0.1, 0.15) is 11.6 Å². The molecule has 6 nitrogen and oxygen atoms in total. The van der Waals surface area contributed by atoms with Crippen LogP contribution < -0.4 is 10.1 Å². The van der Waals surface area contributed by atoms with Gasteiger partial charge in [-0.1, -0.05) is 36.0 Å². The maximum atomic E-state index is 14.1. The number of hydrogen-bond donors (Lipinski definition) is 1. The van der Waals surface area contributed by atoms with Crippen molar-refractivity contribution in [3.8, 4) is 17.1 Å². The molecule has 0 aliphatic heterocycles. The van der Waals surface area contributed by atoms with Gasteiger partial charge in [0.2, 0.25) is 0 Å². The molecule has 0 saturated heterocycles. The number of aromatic nitrogens is 3. The van der Waals surface area contributed by atoms with Gasteiger partial charge < -0.3 is 14.6 Å². The van der Waals surface area contributed by atoms with E-state index in [1.165, 1.54) is 17.8 Å². The minimum Gasteiger partial charge on any atom is -0.497 e. The molecule has 4 aromatic rings. The summed E-state index contributed by atoms with van der Waals surface area (Å²) in [6, 6.07) is 21.1. The van der Waals surface area contributed by atoms with E-state index in [0.29, 0.717) is 33.5 Å². The van der Waals surface area contributed by atoms with E-state index in [-0.39, 0.29) is 11.7 Å². The summed E-state index contributed by atoms with van der Waals surface area (Å²) in [5, 5.41) is 11.9. The number of ether oxygens (including phenoxy) is 1. The first-order chi connectivity index (χ1) is 15.5. The van der Waals surface area contributed by atoms with Gasteiger partial charge in [-0.3, -0.25) is 4.79 Å². The van der Waals surface area contributed by atoms with Crippen molar-refractivity contribution in [3.05, 3.63) is 89.7 Å². The number of nitrogens with zero attached hydrogens (tertiary/aromatic N) is 3. The van der Waals surface area contributed by atoms with Crippen molar-refractivity contribution >= 4 is 23.4 Å². The van der Waals surface area contributed by atoms with Crippen LogP contribution in [0.25, 0.3) is 11.4 Å². The van der Waals surface area contributed by atoms with Crippen molar-refractivity contribution in [2.45, 2.75) is 10.9 Å². The highest BCUT2D eigenvalue weighted by molar-refractivity contribution is 7.98. The van der Waals surface area contributed by atoms with Gasteiger partial charge in [-0.25, -0.2) is 4.39 Å². The van der Waals surface area contributed by atoms with Gasteiger partial charge in [0.25, 0.3) is 5.91 Å². The molecular weight excluding hydrogens is 427 g/mol. The fourth-order valence-corrected chi connectivity index (χ4v) is 3.96. The first-order valence-corrected chi connectivity index (χ1v) is 10.8. The fourth-order valence-electron chi connectivity index (χ4n) is 3.10.